The summed E-state index contributed by atoms with van der Waals surface area (Å²) in [6, 6.07) is 0. The zero-order chi connectivity index (χ0) is 10.7. The normalized spacial score (nSPS) is 24.5. The molecule has 0 spiro atoms. The molecule has 14 heavy (non-hydrogen) atoms. The molecule has 0 amide bonds. The lowest BCUT2D eigenvalue weighted by Gasteiger charge is -2.41. The van der Waals surface area contributed by atoms with E-state index < -0.39 is 0 Å². The van der Waals surface area contributed by atoms with Gasteiger partial charge in [0, 0.05) is 0 Å². The van der Waals surface area contributed by atoms with E-state index in [2.05, 4.69) is 20.4 Å². The van der Waals surface area contributed by atoms with Crippen molar-refractivity contribution in [2.75, 3.05) is 13.2 Å². The summed E-state index contributed by atoms with van der Waals surface area (Å²) in [4.78, 5) is 0. The van der Waals surface area contributed by atoms with Crippen molar-refractivity contribution in [2.45, 2.75) is 45.1 Å². The van der Waals surface area contributed by atoms with E-state index in [0.29, 0.717) is 12.0 Å². The summed E-state index contributed by atoms with van der Waals surface area (Å²) in [5, 5.41) is 8.75. The zero-order valence-corrected chi connectivity index (χ0v) is 9.38. The van der Waals surface area contributed by atoms with E-state index in [4.69, 9.17) is 9.84 Å². The Bertz CT molecular complexity index is 186. The van der Waals surface area contributed by atoms with Gasteiger partial charge in [-0.1, -0.05) is 19.9 Å². The Morgan fingerprint density at radius 2 is 1.86 bits per heavy atom. The number of aliphatic hydroxyl groups excluding tert-OH is 1. The Balaban J connectivity index is 2.52. The van der Waals surface area contributed by atoms with Crippen LogP contribution >= 0.6 is 0 Å². The Hall–Kier alpha value is -0.340. The fraction of sp³-hybridized carbons (Fsp3) is 0.833. The van der Waals surface area contributed by atoms with E-state index in [9.17, 15) is 0 Å². The standard InChI is InChI=1S/C12H22O2/c1-4-12(14-10-9-13)7-5-11(2,3)6-8-12/h4,13H,1,5-10H2,2-3H3. The third kappa shape index (κ3) is 2.82. The van der Waals surface area contributed by atoms with Gasteiger partial charge in [0.2, 0.25) is 0 Å². The van der Waals surface area contributed by atoms with Gasteiger partial charge >= 0.3 is 0 Å². The predicted octanol–water partition coefficient (Wildman–Crippen LogP) is 2.52. The van der Waals surface area contributed by atoms with Crippen molar-refractivity contribution in [1.82, 2.24) is 0 Å². The van der Waals surface area contributed by atoms with Gasteiger partial charge in [0.1, 0.15) is 0 Å². The maximum Gasteiger partial charge on any atom is 0.0861 e. The lowest BCUT2D eigenvalue weighted by atomic mass is 9.71. The first-order valence-corrected chi connectivity index (χ1v) is 5.42. The molecule has 0 aliphatic heterocycles. The van der Waals surface area contributed by atoms with Crippen molar-refractivity contribution in [2.24, 2.45) is 5.41 Å². The van der Waals surface area contributed by atoms with Crippen molar-refractivity contribution in [3.63, 3.8) is 0 Å². The number of hydrogen-bond acceptors (Lipinski definition) is 2. The summed E-state index contributed by atoms with van der Waals surface area (Å²) < 4.78 is 5.69. The van der Waals surface area contributed by atoms with E-state index in [1.807, 2.05) is 6.08 Å². The summed E-state index contributed by atoms with van der Waals surface area (Å²) >= 11 is 0. The molecule has 0 radical (unpaired) electrons. The monoisotopic (exact) mass is 198 g/mol. The van der Waals surface area contributed by atoms with Gasteiger partial charge in [-0.2, -0.15) is 0 Å². The molecule has 2 heteroatoms. The Labute approximate surface area is 87.0 Å². The first-order valence-electron chi connectivity index (χ1n) is 5.42. The Kier molecular flexibility index (Phi) is 3.73. The van der Waals surface area contributed by atoms with Gasteiger partial charge < -0.3 is 9.84 Å². The summed E-state index contributed by atoms with van der Waals surface area (Å²) in [7, 11) is 0. The van der Waals surface area contributed by atoms with Gasteiger partial charge in [0.05, 0.1) is 18.8 Å². The molecule has 1 aliphatic rings. The average Bonchev–Trinajstić information content (AvgIpc) is 2.18. The highest BCUT2D eigenvalue weighted by Crippen LogP contribution is 2.42. The highest BCUT2D eigenvalue weighted by Gasteiger charge is 2.36. The number of hydrogen-bond donors (Lipinski definition) is 1. The summed E-state index contributed by atoms with van der Waals surface area (Å²) in [5.41, 5.74) is 0.271. The molecule has 0 atom stereocenters. The van der Waals surface area contributed by atoms with Crippen LogP contribution in [-0.4, -0.2) is 23.9 Å². The summed E-state index contributed by atoms with van der Waals surface area (Å²) in [6.07, 6.45) is 6.32. The van der Waals surface area contributed by atoms with Crippen LogP contribution in [0.3, 0.4) is 0 Å². The molecule has 0 unspecified atom stereocenters. The van der Waals surface area contributed by atoms with Crippen molar-refractivity contribution >= 4 is 0 Å². The molecule has 0 bridgehead atoms. The Morgan fingerprint density at radius 1 is 1.29 bits per heavy atom. The van der Waals surface area contributed by atoms with Crippen LogP contribution in [-0.2, 0) is 4.74 Å². The fourth-order valence-corrected chi connectivity index (χ4v) is 2.01. The topological polar surface area (TPSA) is 29.5 Å². The predicted molar refractivity (Wildman–Crippen MR) is 58.2 cm³/mol. The maximum atomic E-state index is 8.75. The molecule has 0 aromatic heterocycles. The van der Waals surface area contributed by atoms with Gasteiger partial charge in [-0.15, -0.1) is 6.58 Å². The van der Waals surface area contributed by atoms with Crippen molar-refractivity contribution in [3.05, 3.63) is 12.7 Å². The second-order valence-corrected chi connectivity index (χ2v) is 5.01. The second-order valence-electron chi connectivity index (χ2n) is 5.01. The quantitative estimate of drug-likeness (QED) is 0.703. The number of rotatable bonds is 4. The van der Waals surface area contributed by atoms with E-state index in [1.165, 1.54) is 12.8 Å². The van der Waals surface area contributed by atoms with Crippen molar-refractivity contribution in [1.29, 1.82) is 0 Å². The average molecular weight is 198 g/mol. The largest absolute Gasteiger partial charge is 0.394 e. The first kappa shape index (κ1) is 11.7. The van der Waals surface area contributed by atoms with Gasteiger partial charge in [0.25, 0.3) is 0 Å². The smallest absolute Gasteiger partial charge is 0.0861 e. The molecule has 2 nitrogen and oxygen atoms in total. The van der Waals surface area contributed by atoms with Crippen LogP contribution in [0.4, 0.5) is 0 Å². The molecular formula is C12H22O2. The SMILES string of the molecule is C=CC1(OCCO)CCC(C)(C)CC1. The maximum absolute atomic E-state index is 8.75. The highest BCUT2D eigenvalue weighted by molar-refractivity contribution is 5.02. The molecule has 0 aromatic rings. The molecule has 1 aliphatic carbocycles. The van der Waals surface area contributed by atoms with Crippen LogP contribution in [0.1, 0.15) is 39.5 Å². The molecule has 1 rings (SSSR count). The van der Waals surface area contributed by atoms with E-state index in [-0.39, 0.29) is 12.2 Å². The summed E-state index contributed by atoms with van der Waals surface area (Å²) in [5.74, 6) is 0. The number of ether oxygens (including phenoxy) is 1. The van der Waals surface area contributed by atoms with E-state index >= 15 is 0 Å². The molecule has 1 fully saturated rings. The fourth-order valence-electron chi connectivity index (χ4n) is 2.01. The van der Waals surface area contributed by atoms with Crippen LogP contribution < -0.4 is 0 Å². The molecular weight excluding hydrogens is 176 g/mol. The second kappa shape index (κ2) is 4.45. The van der Waals surface area contributed by atoms with E-state index in [0.717, 1.165) is 12.8 Å². The lowest BCUT2D eigenvalue weighted by Crippen LogP contribution is -2.38. The minimum Gasteiger partial charge on any atom is -0.394 e. The van der Waals surface area contributed by atoms with Crippen LogP contribution in [0.25, 0.3) is 0 Å². The zero-order valence-electron chi connectivity index (χ0n) is 9.38. The third-order valence-corrected chi connectivity index (χ3v) is 3.30. The van der Waals surface area contributed by atoms with Crippen LogP contribution in [0.5, 0.6) is 0 Å². The van der Waals surface area contributed by atoms with Crippen molar-refractivity contribution in [3.8, 4) is 0 Å². The number of aliphatic hydroxyl groups is 1. The third-order valence-electron chi connectivity index (χ3n) is 3.30. The van der Waals surface area contributed by atoms with Gasteiger partial charge in [-0.25, -0.2) is 0 Å². The first-order chi connectivity index (χ1) is 6.54. The molecule has 1 N–H and O–H groups in total. The molecule has 0 saturated heterocycles. The minimum absolute atomic E-state index is 0.0962. The van der Waals surface area contributed by atoms with Gasteiger partial charge in [-0.3, -0.25) is 0 Å². The highest BCUT2D eigenvalue weighted by atomic mass is 16.5. The van der Waals surface area contributed by atoms with E-state index in [1.54, 1.807) is 0 Å². The molecule has 0 aromatic carbocycles. The molecule has 1 saturated carbocycles. The van der Waals surface area contributed by atoms with Crippen LogP contribution in [0.15, 0.2) is 12.7 Å². The lowest BCUT2D eigenvalue weighted by molar-refractivity contribution is -0.0637. The van der Waals surface area contributed by atoms with Gasteiger partial charge in [0.15, 0.2) is 0 Å². The van der Waals surface area contributed by atoms with Crippen molar-refractivity contribution < 1.29 is 9.84 Å². The van der Waals surface area contributed by atoms with Crippen LogP contribution in [0.2, 0.25) is 0 Å². The van der Waals surface area contributed by atoms with Crippen LogP contribution in [0, 0.1) is 5.41 Å². The molecule has 0 heterocycles. The summed E-state index contributed by atoms with van der Waals surface area (Å²) in [6.45, 7) is 8.97. The Morgan fingerprint density at radius 3 is 2.29 bits per heavy atom. The van der Waals surface area contributed by atoms with Gasteiger partial charge in [-0.05, 0) is 31.1 Å². The minimum atomic E-state index is -0.168. The molecule has 82 valence electrons.